The molecular formula is C32H36FN5O5Si. The van der Waals surface area contributed by atoms with E-state index < -0.39 is 31.6 Å². The number of aliphatic hydroxyl groups excluding tert-OH is 1. The molecule has 230 valence electrons. The van der Waals surface area contributed by atoms with Crippen molar-refractivity contribution in [3.63, 3.8) is 0 Å². The van der Waals surface area contributed by atoms with Crippen LogP contribution in [0.1, 0.15) is 24.6 Å². The van der Waals surface area contributed by atoms with Crippen LogP contribution in [0.4, 0.5) is 15.5 Å². The predicted octanol–water partition coefficient (Wildman–Crippen LogP) is 4.52. The van der Waals surface area contributed by atoms with Crippen molar-refractivity contribution >= 4 is 25.7 Å². The maximum absolute atomic E-state index is 16.3. The number of carbonyl (C=O) groups is 1. The minimum absolute atomic E-state index is 0.0303. The van der Waals surface area contributed by atoms with Gasteiger partial charge in [-0.3, -0.25) is 23.7 Å². The number of carbonyl (C=O) groups excluding carboxylic acids is 1. The van der Waals surface area contributed by atoms with Crippen molar-refractivity contribution in [3.8, 4) is 11.4 Å². The molecule has 1 fully saturated rings. The zero-order chi connectivity index (χ0) is 31.2. The molecule has 0 unspecified atom stereocenters. The highest BCUT2D eigenvalue weighted by molar-refractivity contribution is 6.72. The topological polar surface area (TPSA) is 112 Å². The molecule has 1 spiro atoms. The maximum Gasteiger partial charge on any atom is 0.297 e. The summed E-state index contributed by atoms with van der Waals surface area (Å²) in [4.78, 5) is 29.6. The SMILES string of the molecule is COc1cccn(-c2ccc3c(c2)[C@@]2(O[C@H](CCn4cc(CCO)nn4)[C@@H]([Si](C)(C)F)[C@@H]2C)C(=O)N3c2ccccc2)c1=O. The number of aryl methyl sites for hydroxylation is 1. The minimum Gasteiger partial charge on any atom is -0.491 e. The van der Waals surface area contributed by atoms with E-state index in [4.69, 9.17) is 9.47 Å². The number of ether oxygens (including phenoxy) is 2. The van der Waals surface area contributed by atoms with Crippen LogP contribution in [0.15, 0.2) is 77.9 Å². The van der Waals surface area contributed by atoms with Crippen molar-refractivity contribution in [1.82, 2.24) is 19.6 Å². The third-order valence-electron chi connectivity index (χ3n) is 8.87. The number of pyridine rings is 1. The number of aromatic nitrogens is 4. The number of rotatable bonds is 9. The average molecular weight is 618 g/mol. The highest BCUT2D eigenvalue weighted by Gasteiger charge is 2.67. The lowest BCUT2D eigenvalue weighted by molar-refractivity contribution is -0.145. The summed E-state index contributed by atoms with van der Waals surface area (Å²) in [6, 6.07) is 18.1. The average Bonchev–Trinajstić information content (AvgIpc) is 3.65. The Labute approximate surface area is 255 Å². The molecule has 2 aliphatic heterocycles. The number of fused-ring (bicyclic) bond motifs is 2. The van der Waals surface area contributed by atoms with Crippen molar-refractivity contribution in [2.75, 3.05) is 18.6 Å². The smallest absolute Gasteiger partial charge is 0.297 e. The van der Waals surface area contributed by atoms with E-state index >= 15 is 4.11 Å². The van der Waals surface area contributed by atoms with Gasteiger partial charge in [0.1, 0.15) is 0 Å². The van der Waals surface area contributed by atoms with Crippen molar-refractivity contribution in [2.45, 2.75) is 56.7 Å². The van der Waals surface area contributed by atoms with Crippen LogP contribution in [-0.4, -0.2) is 58.8 Å². The second-order valence-electron chi connectivity index (χ2n) is 11.9. The van der Waals surface area contributed by atoms with E-state index in [0.29, 0.717) is 47.7 Å². The molecule has 0 saturated carbocycles. The molecule has 1 saturated heterocycles. The van der Waals surface area contributed by atoms with Gasteiger partial charge in [0, 0.05) is 60.4 Å². The summed E-state index contributed by atoms with van der Waals surface area (Å²) in [5, 5.41) is 17.5. The van der Waals surface area contributed by atoms with Crippen molar-refractivity contribution in [3.05, 3.63) is 94.7 Å². The molecule has 44 heavy (non-hydrogen) atoms. The number of hydrogen-bond donors (Lipinski definition) is 1. The van der Waals surface area contributed by atoms with Crippen LogP contribution in [-0.2, 0) is 28.1 Å². The molecule has 1 amide bonds. The van der Waals surface area contributed by atoms with E-state index in [1.165, 1.54) is 11.7 Å². The highest BCUT2D eigenvalue weighted by atomic mass is 28.4. The van der Waals surface area contributed by atoms with Crippen LogP contribution < -0.4 is 15.2 Å². The lowest BCUT2D eigenvalue weighted by atomic mass is 9.82. The van der Waals surface area contributed by atoms with Crippen LogP contribution in [0, 0.1) is 5.92 Å². The Hall–Kier alpha value is -4.13. The Kier molecular flexibility index (Phi) is 7.76. The number of hydrogen-bond acceptors (Lipinski definition) is 7. The van der Waals surface area contributed by atoms with Gasteiger partial charge in [-0.1, -0.05) is 30.3 Å². The van der Waals surface area contributed by atoms with Gasteiger partial charge < -0.3 is 18.7 Å². The first-order valence-corrected chi connectivity index (χ1v) is 17.7. The summed E-state index contributed by atoms with van der Waals surface area (Å²) in [5.74, 6) is -0.592. The molecular weight excluding hydrogens is 581 g/mol. The van der Waals surface area contributed by atoms with E-state index in [1.54, 1.807) is 53.3 Å². The molecule has 0 radical (unpaired) electrons. The number of halogens is 1. The van der Waals surface area contributed by atoms with Gasteiger partial charge >= 0.3 is 0 Å². The van der Waals surface area contributed by atoms with E-state index in [2.05, 4.69) is 10.3 Å². The summed E-state index contributed by atoms with van der Waals surface area (Å²) < 4.78 is 31.6. The van der Waals surface area contributed by atoms with Gasteiger partial charge in [-0.15, -0.1) is 5.10 Å². The summed E-state index contributed by atoms with van der Waals surface area (Å²) in [6.45, 7) is 5.63. The molecule has 4 heterocycles. The van der Waals surface area contributed by atoms with Crippen LogP contribution in [0.5, 0.6) is 5.75 Å². The van der Waals surface area contributed by atoms with E-state index in [1.807, 2.05) is 49.4 Å². The Morgan fingerprint density at radius 1 is 1.09 bits per heavy atom. The molecule has 4 atom stereocenters. The minimum atomic E-state index is -3.39. The molecule has 10 nitrogen and oxygen atoms in total. The molecule has 4 aromatic rings. The summed E-state index contributed by atoms with van der Waals surface area (Å²) >= 11 is 0. The number of anilines is 2. The van der Waals surface area contributed by atoms with Crippen molar-refractivity contribution in [1.29, 1.82) is 0 Å². The van der Waals surface area contributed by atoms with Crippen LogP contribution in [0.25, 0.3) is 5.69 Å². The number of para-hydroxylation sites is 1. The Morgan fingerprint density at radius 3 is 2.57 bits per heavy atom. The molecule has 2 aromatic carbocycles. The molecule has 6 rings (SSSR count). The monoisotopic (exact) mass is 617 g/mol. The lowest BCUT2D eigenvalue weighted by Gasteiger charge is -2.31. The molecule has 2 aromatic heterocycles. The van der Waals surface area contributed by atoms with Crippen LogP contribution in [0.2, 0.25) is 18.6 Å². The fourth-order valence-electron chi connectivity index (χ4n) is 6.98. The zero-order valence-electron chi connectivity index (χ0n) is 25.2. The quantitative estimate of drug-likeness (QED) is 0.217. The largest absolute Gasteiger partial charge is 0.491 e. The van der Waals surface area contributed by atoms with Gasteiger partial charge in [0.15, 0.2) is 11.4 Å². The third-order valence-corrected chi connectivity index (χ3v) is 11.3. The van der Waals surface area contributed by atoms with E-state index in [0.717, 1.165) is 0 Å². The van der Waals surface area contributed by atoms with Gasteiger partial charge in [-0.2, -0.15) is 0 Å². The second-order valence-corrected chi connectivity index (χ2v) is 15.7. The summed E-state index contributed by atoms with van der Waals surface area (Å²) in [5.41, 5.74) is 0.807. The van der Waals surface area contributed by atoms with Gasteiger partial charge in [0.2, 0.25) is 8.41 Å². The van der Waals surface area contributed by atoms with Crippen molar-refractivity contribution in [2.24, 2.45) is 5.92 Å². The lowest BCUT2D eigenvalue weighted by Crippen LogP contribution is -2.44. The van der Waals surface area contributed by atoms with Crippen LogP contribution in [0.3, 0.4) is 0 Å². The predicted molar refractivity (Wildman–Crippen MR) is 166 cm³/mol. The first-order chi connectivity index (χ1) is 21.1. The molecule has 2 aliphatic rings. The fourth-order valence-corrected chi connectivity index (χ4v) is 9.53. The fraction of sp³-hybridized carbons (Fsp3) is 0.375. The zero-order valence-corrected chi connectivity index (χ0v) is 26.2. The number of amides is 1. The first-order valence-electron chi connectivity index (χ1n) is 14.8. The second kappa shape index (κ2) is 11.4. The van der Waals surface area contributed by atoms with Gasteiger partial charge in [0.25, 0.3) is 11.5 Å². The molecule has 1 N–H and O–H groups in total. The summed E-state index contributed by atoms with van der Waals surface area (Å²) in [7, 11) is -1.94. The Bertz CT molecular complexity index is 1740. The Balaban J connectivity index is 1.47. The van der Waals surface area contributed by atoms with Gasteiger partial charge in [-0.05, 0) is 62.0 Å². The third kappa shape index (κ3) is 4.86. The maximum atomic E-state index is 16.3. The van der Waals surface area contributed by atoms with E-state index in [-0.39, 0.29) is 23.8 Å². The summed E-state index contributed by atoms with van der Waals surface area (Å²) in [6.07, 6.45) is 3.66. The molecule has 0 bridgehead atoms. The number of benzene rings is 2. The molecule has 12 heteroatoms. The van der Waals surface area contributed by atoms with E-state index in [9.17, 15) is 14.7 Å². The Morgan fingerprint density at radius 2 is 1.86 bits per heavy atom. The van der Waals surface area contributed by atoms with Crippen molar-refractivity contribution < 1.29 is 23.5 Å². The number of nitrogens with zero attached hydrogens (tertiary/aromatic N) is 5. The normalized spacial score (nSPS) is 23.0. The number of methoxy groups -OCH3 is 1. The molecule has 0 aliphatic carbocycles. The number of aliphatic hydroxyl groups is 1. The van der Waals surface area contributed by atoms with Gasteiger partial charge in [-0.25, -0.2) is 0 Å². The van der Waals surface area contributed by atoms with Crippen LogP contribution >= 0.6 is 0 Å². The highest BCUT2D eigenvalue weighted by Crippen LogP contribution is 2.61. The standard InChI is InChI=1S/C32H36FN5O5Si/c1-21-29(44(3,4)33)27(14-17-36-20-22(15-18-39)34-35-36)43-32(21)25-19-24(37-16-8-11-28(42-2)30(37)40)12-13-26(25)38(31(32)41)23-9-6-5-7-10-23/h5-13,16,19-21,27,29,39H,14-15,17-18H2,1-4H3/t21-,27+,29-,32+/m0/s1. The first kappa shape index (κ1) is 29.9. The van der Waals surface area contributed by atoms with Gasteiger partial charge in [0.05, 0.1) is 24.6 Å².